The van der Waals surface area contributed by atoms with Crippen molar-refractivity contribution in [2.45, 2.75) is 42.6 Å². The highest BCUT2D eigenvalue weighted by Crippen LogP contribution is 2.44. The summed E-state index contributed by atoms with van der Waals surface area (Å²) in [6, 6.07) is 3.62. The zero-order valence-electron chi connectivity index (χ0n) is 11.2. The summed E-state index contributed by atoms with van der Waals surface area (Å²) in [7, 11) is 1.60. The molecule has 0 saturated carbocycles. The molecule has 4 heteroatoms. The van der Waals surface area contributed by atoms with Gasteiger partial charge in [0.2, 0.25) is 0 Å². The first-order valence-electron chi connectivity index (χ1n) is 6.96. The molecule has 102 valence electrons. The number of ether oxygens (including phenoxy) is 1. The Morgan fingerprint density at radius 1 is 1.37 bits per heavy atom. The van der Waals surface area contributed by atoms with E-state index in [0.29, 0.717) is 21.9 Å². The van der Waals surface area contributed by atoms with Crippen LogP contribution in [-0.4, -0.2) is 28.4 Å². The van der Waals surface area contributed by atoms with Crippen LogP contribution in [0, 0.1) is 5.92 Å². The maximum Gasteiger partial charge on any atom is 0.188 e. The van der Waals surface area contributed by atoms with Crippen molar-refractivity contribution in [3.05, 3.63) is 24.0 Å². The van der Waals surface area contributed by atoms with E-state index in [2.05, 4.69) is 16.7 Å². The number of ketones is 1. The lowest BCUT2D eigenvalue weighted by Crippen LogP contribution is -2.33. The fourth-order valence-electron chi connectivity index (χ4n) is 3.21. The first-order valence-corrected chi connectivity index (χ1v) is 7.91. The maximum atomic E-state index is 12.7. The SMILES string of the molecule is COc1cccnc1C(=O)C1CC2CCCC(C1)S2. The van der Waals surface area contributed by atoms with Gasteiger partial charge in [0, 0.05) is 22.6 Å². The molecule has 0 aromatic carbocycles. The number of nitrogens with zero attached hydrogens (tertiary/aromatic N) is 1. The molecule has 3 heterocycles. The molecule has 2 saturated heterocycles. The molecule has 0 N–H and O–H groups in total. The molecule has 2 unspecified atom stereocenters. The molecule has 0 amide bonds. The van der Waals surface area contributed by atoms with Crippen molar-refractivity contribution in [1.82, 2.24) is 4.98 Å². The summed E-state index contributed by atoms with van der Waals surface area (Å²) in [6.45, 7) is 0. The third-order valence-electron chi connectivity index (χ3n) is 4.13. The molecule has 1 aromatic heterocycles. The molecule has 0 radical (unpaired) electrons. The number of aromatic nitrogens is 1. The normalized spacial score (nSPS) is 29.8. The number of carbonyl (C=O) groups excluding carboxylic acids is 1. The third-order valence-corrected chi connectivity index (χ3v) is 5.75. The summed E-state index contributed by atoms with van der Waals surface area (Å²) in [5, 5.41) is 1.35. The number of pyridine rings is 1. The predicted octanol–water partition coefficient (Wildman–Crippen LogP) is 3.34. The lowest BCUT2D eigenvalue weighted by atomic mass is 9.85. The molecule has 2 fully saturated rings. The predicted molar refractivity (Wildman–Crippen MR) is 76.9 cm³/mol. The number of carbonyl (C=O) groups is 1. The van der Waals surface area contributed by atoms with E-state index in [4.69, 9.17) is 4.74 Å². The van der Waals surface area contributed by atoms with Gasteiger partial charge in [-0.1, -0.05) is 6.42 Å². The van der Waals surface area contributed by atoms with Crippen LogP contribution < -0.4 is 4.74 Å². The van der Waals surface area contributed by atoms with Crippen LogP contribution in [-0.2, 0) is 0 Å². The van der Waals surface area contributed by atoms with Crippen LogP contribution in [0.5, 0.6) is 5.75 Å². The highest BCUT2D eigenvalue weighted by Gasteiger charge is 2.36. The molecule has 1 aromatic rings. The minimum Gasteiger partial charge on any atom is -0.494 e. The van der Waals surface area contributed by atoms with Crippen molar-refractivity contribution >= 4 is 17.5 Å². The van der Waals surface area contributed by atoms with Crippen molar-refractivity contribution in [3.63, 3.8) is 0 Å². The van der Waals surface area contributed by atoms with E-state index in [-0.39, 0.29) is 11.7 Å². The van der Waals surface area contributed by atoms with Gasteiger partial charge in [0.15, 0.2) is 5.78 Å². The van der Waals surface area contributed by atoms with E-state index < -0.39 is 0 Å². The number of rotatable bonds is 3. The van der Waals surface area contributed by atoms with Crippen LogP contribution in [0.4, 0.5) is 0 Å². The lowest BCUT2D eigenvalue weighted by molar-refractivity contribution is 0.0888. The first kappa shape index (κ1) is 13.0. The molecule has 0 spiro atoms. The summed E-state index contributed by atoms with van der Waals surface area (Å²) in [5.41, 5.74) is 0.514. The van der Waals surface area contributed by atoms with Gasteiger partial charge in [0.05, 0.1) is 7.11 Å². The van der Waals surface area contributed by atoms with Gasteiger partial charge in [-0.25, -0.2) is 4.98 Å². The topological polar surface area (TPSA) is 39.2 Å². The smallest absolute Gasteiger partial charge is 0.188 e. The van der Waals surface area contributed by atoms with Gasteiger partial charge in [-0.3, -0.25) is 4.79 Å². The maximum absolute atomic E-state index is 12.7. The standard InChI is InChI=1S/C15H19NO2S/c1-18-13-6-3-7-16-14(13)15(17)10-8-11-4-2-5-12(9-10)19-11/h3,6-7,10-12H,2,4-5,8-9H2,1H3. The van der Waals surface area contributed by atoms with E-state index in [1.54, 1.807) is 19.4 Å². The molecule has 3 rings (SSSR count). The summed E-state index contributed by atoms with van der Waals surface area (Å²) in [5.74, 6) is 0.922. The fraction of sp³-hybridized carbons (Fsp3) is 0.600. The molecule has 3 nitrogen and oxygen atoms in total. The quantitative estimate of drug-likeness (QED) is 0.794. The lowest BCUT2D eigenvalue weighted by Gasteiger charge is -2.37. The number of thioether (sulfide) groups is 1. The molecule has 2 atom stereocenters. The second-order valence-corrected chi connectivity index (χ2v) is 7.00. The van der Waals surface area contributed by atoms with Gasteiger partial charge in [-0.2, -0.15) is 11.8 Å². The Labute approximate surface area is 118 Å². The Morgan fingerprint density at radius 3 is 2.79 bits per heavy atom. The van der Waals surface area contributed by atoms with Gasteiger partial charge in [-0.15, -0.1) is 0 Å². The van der Waals surface area contributed by atoms with Crippen LogP contribution in [0.3, 0.4) is 0 Å². The molecular weight excluding hydrogens is 258 g/mol. The summed E-state index contributed by atoms with van der Waals surface area (Å²) >= 11 is 2.10. The van der Waals surface area contributed by atoms with Crippen LogP contribution in [0.25, 0.3) is 0 Å². The highest BCUT2D eigenvalue weighted by molar-refractivity contribution is 8.00. The largest absolute Gasteiger partial charge is 0.494 e. The number of methoxy groups -OCH3 is 1. The van der Waals surface area contributed by atoms with E-state index in [1.165, 1.54) is 19.3 Å². The van der Waals surface area contributed by atoms with Gasteiger partial charge in [0.25, 0.3) is 0 Å². The average Bonchev–Trinajstić information content (AvgIpc) is 2.46. The van der Waals surface area contributed by atoms with Crippen LogP contribution in [0.15, 0.2) is 18.3 Å². The highest BCUT2D eigenvalue weighted by atomic mass is 32.2. The zero-order chi connectivity index (χ0) is 13.2. The van der Waals surface area contributed by atoms with Crippen LogP contribution >= 0.6 is 11.8 Å². The Hall–Kier alpha value is -1.03. The molecule has 2 aliphatic heterocycles. The Balaban J connectivity index is 1.80. The van der Waals surface area contributed by atoms with Crippen molar-refractivity contribution in [1.29, 1.82) is 0 Å². The van der Waals surface area contributed by atoms with Crippen LogP contribution in [0.1, 0.15) is 42.6 Å². The number of hydrogen-bond donors (Lipinski definition) is 0. The summed E-state index contributed by atoms with van der Waals surface area (Å²) in [6.07, 6.45) is 7.57. The van der Waals surface area contributed by atoms with Gasteiger partial charge in [-0.05, 0) is 37.8 Å². The second kappa shape index (κ2) is 5.53. The molecule has 2 aliphatic rings. The number of Topliss-reactive ketones (excluding diaryl/α,β-unsaturated/α-hetero) is 1. The van der Waals surface area contributed by atoms with Crippen molar-refractivity contribution < 1.29 is 9.53 Å². The molecule has 19 heavy (non-hydrogen) atoms. The van der Waals surface area contributed by atoms with Crippen molar-refractivity contribution in [2.75, 3.05) is 7.11 Å². The minimum absolute atomic E-state index is 0.139. The second-order valence-electron chi connectivity index (χ2n) is 5.40. The van der Waals surface area contributed by atoms with Crippen LogP contribution in [0.2, 0.25) is 0 Å². The molecule has 0 aliphatic carbocycles. The summed E-state index contributed by atoms with van der Waals surface area (Å²) < 4.78 is 5.26. The van der Waals surface area contributed by atoms with E-state index in [0.717, 1.165) is 12.8 Å². The van der Waals surface area contributed by atoms with Gasteiger partial charge in [0.1, 0.15) is 11.4 Å². The Kier molecular flexibility index (Phi) is 3.78. The van der Waals surface area contributed by atoms with Gasteiger partial charge >= 0.3 is 0 Å². The Bertz CT molecular complexity index is 465. The average molecular weight is 277 g/mol. The molecular formula is C15H19NO2S. The molecule has 2 bridgehead atoms. The monoisotopic (exact) mass is 277 g/mol. The van der Waals surface area contributed by atoms with E-state index in [1.807, 2.05) is 6.07 Å². The third kappa shape index (κ3) is 2.64. The van der Waals surface area contributed by atoms with E-state index >= 15 is 0 Å². The Morgan fingerprint density at radius 2 is 2.11 bits per heavy atom. The zero-order valence-corrected chi connectivity index (χ0v) is 12.0. The minimum atomic E-state index is 0.139. The number of hydrogen-bond acceptors (Lipinski definition) is 4. The van der Waals surface area contributed by atoms with Gasteiger partial charge < -0.3 is 4.74 Å². The summed E-state index contributed by atoms with van der Waals surface area (Å²) in [4.78, 5) is 16.9. The van der Waals surface area contributed by atoms with Crippen molar-refractivity contribution in [2.24, 2.45) is 5.92 Å². The first-order chi connectivity index (χ1) is 9.28. The fourth-order valence-corrected chi connectivity index (χ4v) is 5.04. The number of fused-ring (bicyclic) bond motifs is 2. The van der Waals surface area contributed by atoms with E-state index in [9.17, 15) is 4.79 Å². The van der Waals surface area contributed by atoms with Crippen molar-refractivity contribution in [3.8, 4) is 5.75 Å².